The molecule has 0 amide bonds. The first-order valence-corrected chi connectivity index (χ1v) is 8.73. The van der Waals surface area contributed by atoms with E-state index in [-0.39, 0.29) is 5.97 Å². The third kappa shape index (κ3) is 6.69. The molecular formula is C19H24ClNO6. The summed E-state index contributed by atoms with van der Waals surface area (Å²) in [6, 6.07) is 7.57. The van der Waals surface area contributed by atoms with Gasteiger partial charge in [0.15, 0.2) is 0 Å². The van der Waals surface area contributed by atoms with Crippen molar-refractivity contribution in [1.82, 2.24) is 4.90 Å². The first-order valence-electron chi connectivity index (χ1n) is 8.35. The monoisotopic (exact) mass is 397 g/mol. The average Bonchev–Trinajstić information content (AvgIpc) is 3.28. The van der Waals surface area contributed by atoms with Crippen molar-refractivity contribution in [3.8, 4) is 0 Å². The predicted octanol–water partition coefficient (Wildman–Crippen LogP) is 2.43. The molecule has 2 N–H and O–H groups in total. The molecule has 1 aliphatic rings. The maximum Gasteiger partial charge on any atom is 0.328 e. The van der Waals surface area contributed by atoms with Crippen LogP contribution in [-0.2, 0) is 24.5 Å². The molecule has 2 unspecified atom stereocenters. The first kappa shape index (κ1) is 22.7. The minimum atomic E-state index is -1.26. The summed E-state index contributed by atoms with van der Waals surface area (Å²) in [5.41, 5.74) is 0.482. The van der Waals surface area contributed by atoms with Gasteiger partial charge in [-0.1, -0.05) is 23.7 Å². The van der Waals surface area contributed by atoms with Crippen LogP contribution in [-0.4, -0.2) is 60.3 Å². The molecule has 1 fully saturated rings. The maximum atomic E-state index is 12.3. The van der Waals surface area contributed by atoms with Crippen LogP contribution in [0.1, 0.15) is 18.9 Å². The third-order valence-electron chi connectivity index (χ3n) is 4.04. The SMILES string of the molecule is CCOC(=O)C1(c2cccc(Cl)c2)CC1CN(C)C.O=C(O)C=CC(=O)O. The lowest BCUT2D eigenvalue weighted by atomic mass is 9.93. The molecule has 1 saturated carbocycles. The number of carboxylic acids is 2. The second-order valence-electron chi connectivity index (χ2n) is 6.38. The summed E-state index contributed by atoms with van der Waals surface area (Å²) in [6.07, 6.45) is 1.95. The summed E-state index contributed by atoms with van der Waals surface area (Å²) in [6.45, 7) is 3.13. The van der Waals surface area contributed by atoms with Gasteiger partial charge < -0.3 is 19.8 Å². The normalized spacial score (nSPS) is 20.7. The number of ether oxygens (including phenoxy) is 1. The molecule has 2 rings (SSSR count). The summed E-state index contributed by atoms with van der Waals surface area (Å²) in [5, 5.41) is 16.3. The number of carbonyl (C=O) groups excluding carboxylic acids is 1. The summed E-state index contributed by atoms with van der Waals surface area (Å²) >= 11 is 6.05. The zero-order valence-electron chi connectivity index (χ0n) is 15.5. The van der Waals surface area contributed by atoms with Crippen molar-refractivity contribution in [3.63, 3.8) is 0 Å². The molecule has 1 aliphatic carbocycles. The highest BCUT2D eigenvalue weighted by Gasteiger charge is 2.62. The zero-order chi connectivity index (χ0) is 20.6. The first-order chi connectivity index (χ1) is 12.6. The predicted molar refractivity (Wildman–Crippen MR) is 101 cm³/mol. The van der Waals surface area contributed by atoms with Crippen LogP contribution in [0.15, 0.2) is 36.4 Å². The van der Waals surface area contributed by atoms with Crippen molar-refractivity contribution in [2.45, 2.75) is 18.8 Å². The highest BCUT2D eigenvalue weighted by Crippen LogP contribution is 2.55. The number of aliphatic carboxylic acids is 2. The third-order valence-corrected chi connectivity index (χ3v) is 4.27. The Morgan fingerprint density at radius 2 is 1.85 bits per heavy atom. The van der Waals surface area contributed by atoms with E-state index in [9.17, 15) is 14.4 Å². The molecule has 8 heteroatoms. The van der Waals surface area contributed by atoms with Gasteiger partial charge in [-0.05, 0) is 51.1 Å². The van der Waals surface area contributed by atoms with Crippen LogP contribution in [0, 0.1) is 5.92 Å². The van der Waals surface area contributed by atoms with Crippen molar-refractivity contribution in [2.75, 3.05) is 27.2 Å². The van der Waals surface area contributed by atoms with Crippen molar-refractivity contribution in [2.24, 2.45) is 5.92 Å². The molecule has 1 aromatic carbocycles. The largest absolute Gasteiger partial charge is 0.478 e. The fourth-order valence-electron chi connectivity index (χ4n) is 2.88. The van der Waals surface area contributed by atoms with E-state index in [1.807, 2.05) is 45.3 Å². The Bertz CT molecular complexity index is 702. The van der Waals surface area contributed by atoms with E-state index in [1.54, 1.807) is 0 Å². The number of carbonyl (C=O) groups is 3. The van der Waals surface area contributed by atoms with Gasteiger partial charge in [0, 0.05) is 23.7 Å². The van der Waals surface area contributed by atoms with Crippen LogP contribution in [0.5, 0.6) is 0 Å². The van der Waals surface area contributed by atoms with Gasteiger partial charge in [-0.25, -0.2) is 9.59 Å². The smallest absolute Gasteiger partial charge is 0.328 e. The highest BCUT2D eigenvalue weighted by molar-refractivity contribution is 6.30. The van der Waals surface area contributed by atoms with Gasteiger partial charge in [-0.15, -0.1) is 0 Å². The molecule has 0 bridgehead atoms. The van der Waals surface area contributed by atoms with Crippen LogP contribution < -0.4 is 0 Å². The molecule has 7 nitrogen and oxygen atoms in total. The Morgan fingerprint density at radius 3 is 2.30 bits per heavy atom. The lowest BCUT2D eigenvalue weighted by Gasteiger charge is -2.18. The van der Waals surface area contributed by atoms with Gasteiger partial charge in [0.05, 0.1) is 12.0 Å². The molecule has 148 valence electrons. The Labute approximate surface area is 163 Å². The summed E-state index contributed by atoms with van der Waals surface area (Å²) in [7, 11) is 4.04. The number of carboxylic acid groups (broad SMARTS) is 2. The van der Waals surface area contributed by atoms with E-state index in [4.69, 9.17) is 26.6 Å². The summed E-state index contributed by atoms with van der Waals surface area (Å²) in [5.74, 6) is -2.33. The Balaban J connectivity index is 0.000000387. The molecule has 0 saturated heterocycles. The van der Waals surface area contributed by atoms with Crippen molar-refractivity contribution in [1.29, 1.82) is 0 Å². The van der Waals surface area contributed by atoms with E-state index < -0.39 is 17.4 Å². The van der Waals surface area contributed by atoms with Crippen molar-refractivity contribution < 1.29 is 29.3 Å². The number of benzene rings is 1. The van der Waals surface area contributed by atoms with Crippen LogP contribution in [0.25, 0.3) is 0 Å². The molecule has 0 aliphatic heterocycles. The fraction of sp³-hybridized carbons (Fsp3) is 0.421. The minimum Gasteiger partial charge on any atom is -0.478 e. The number of nitrogens with zero attached hydrogens (tertiary/aromatic N) is 1. The quantitative estimate of drug-likeness (QED) is 0.537. The zero-order valence-corrected chi connectivity index (χ0v) is 16.3. The summed E-state index contributed by atoms with van der Waals surface area (Å²) < 4.78 is 5.27. The number of hydrogen-bond donors (Lipinski definition) is 2. The Hall–Kier alpha value is -2.38. The molecule has 1 aromatic rings. The standard InChI is InChI=1S/C15H20ClNO2.C4H4O4/c1-4-19-14(18)15(9-12(15)10-17(2)3)11-6-5-7-13(16)8-11;5-3(6)1-2-4(7)8/h5-8,12H,4,9-10H2,1-3H3;1-2H,(H,5,6)(H,7,8). The summed E-state index contributed by atoms with van der Waals surface area (Å²) in [4.78, 5) is 33.6. The second kappa shape index (κ2) is 10.1. The topological polar surface area (TPSA) is 104 Å². The maximum absolute atomic E-state index is 12.3. The Kier molecular flexibility index (Phi) is 8.46. The molecular weight excluding hydrogens is 374 g/mol. The van der Waals surface area contributed by atoms with E-state index in [1.165, 1.54) is 0 Å². The van der Waals surface area contributed by atoms with E-state index in [2.05, 4.69) is 4.90 Å². The lowest BCUT2D eigenvalue weighted by Crippen LogP contribution is -2.29. The number of esters is 1. The molecule has 2 atom stereocenters. The van der Waals surface area contributed by atoms with Gasteiger partial charge in [-0.2, -0.15) is 0 Å². The molecule has 0 radical (unpaired) electrons. The average molecular weight is 398 g/mol. The highest BCUT2D eigenvalue weighted by atomic mass is 35.5. The van der Waals surface area contributed by atoms with Gasteiger partial charge in [0.2, 0.25) is 0 Å². The number of halogens is 1. The van der Waals surface area contributed by atoms with Crippen LogP contribution in [0.4, 0.5) is 0 Å². The van der Waals surface area contributed by atoms with E-state index >= 15 is 0 Å². The number of hydrogen-bond acceptors (Lipinski definition) is 5. The van der Waals surface area contributed by atoms with Crippen molar-refractivity contribution >= 4 is 29.5 Å². The van der Waals surface area contributed by atoms with Gasteiger partial charge in [0.25, 0.3) is 0 Å². The molecule has 0 heterocycles. The van der Waals surface area contributed by atoms with Crippen LogP contribution >= 0.6 is 11.6 Å². The van der Waals surface area contributed by atoms with Gasteiger partial charge >= 0.3 is 17.9 Å². The molecule has 0 spiro atoms. The molecule has 27 heavy (non-hydrogen) atoms. The van der Waals surface area contributed by atoms with Crippen LogP contribution in [0.3, 0.4) is 0 Å². The van der Waals surface area contributed by atoms with E-state index in [0.29, 0.717) is 29.7 Å². The number of rotatable bonds is 7. The fourth-order valence-corrected chi connectivity index (χ4v) is 3.07. The Morgan fingerprint density at radius 1 is 1.26 bits per heavy atom. The second-order valence-corrected chi connectivity index (χ2v) is 6.81. The van der Waals surface area contributed by atoms with Gasteiger partial charge in [0.1, 0.15) is 0 Å². The minimum absolute atomic E-state index is 0.121. The van der Waals surface area contributed by atoms with Crippen LogP contribution in [0.2, 0.25) is 5.02 Å². The molecule has 0 aromatic heterocycles. The lowest BCUT2D eigenvalue weighted by molar-refractivity contribution is -0.146. The van der Waals surface area contributed by atoms with Gasteiger partial charge in [-0.3, -0.25) is 4.79 Å². The van der Waals surface area contributed by atoms with E-state index in [0.717, 1.165) is 18.5 Å². The van der Waals surface area contributed by atoms with Crippen molar-refractivity contribution in [3.05, 3.63) is 47.0 Å².